The second kappa shape index (κ2) is 4.97. The SMILES string of the molecule is Cc1ccc(C(N)c2cc(F)c3c(c2)C(C)C(=O)N3)cc1. The molecule has 0 aliphatic carbocycles. The Hall–Kier alpha value is -2.20. The van der Waals surface area contributed by atoms with Gasteiger partial charge in [0.1, 0.15) is 5.82 Å². The number of carbonyl (C=O) groups excluding carboxylic acids is 1. The van der Waals surface area contributed by atoms with Gasteiger partial charge in [-0.1, -0.05) is 35.9 Å². The minimum Gasteiger partial charge on any atom is -0.323 e. The highest BCUT2D eigenvalue weighted by molar-refractivity contribution is 6.02. The van der Waals surface area contributed by atoms with E-state index in [1.807, 2.05) is 37.3 Å². The fourth-order valence-corrected chi connectivity index (χ4v) is 2.64. The molecule has 3 nitrogen and oxygen atoms in total. The van der Waals surface area contributed by atoms with Crippen molar-refractivity contribution in [1.29, 1.82) is 0 Å². The van der Waals surface area contributed by atoms with Crippen molar-refractivity contribution in [3.63, 3.8) is 0 Å². The van der Waals surface area contributed by atoms with E-state index in [0.29, 0.717) is 11.1 Å². The molecule has 3 rings (SSSR count). The van der Waals surface area contributed by atoms with Crippen LogP contribution in [0.2, 0.25) is 0 Å². The summed E-state index contributed by atoms with van der Waals surface area (Å²) in [5, 5.41) is 2.57. The Morgan fingerprint density at radius 1 is 1.19 bits per heavy atom. The first kappa shape index (κ1) is 13.8. The molecule has 2 atom stereocenters. The molecule has 2 aromatic carbocycles. The van der Waals surface area contributed by atoms with Gasteiger partial charge in [-0.3, -0.25) is 4.79 Å². The van der Waals surface area contributed by atoms with Gasteiger partial charge in [-0.05, 0) is 36.6 Å². The number of nitrogens with one attached hydrogen (secondary N) is 1. The molecule has 1 heterocycles. The number of rotatable bonds is 2. The molecule has 2 aromatic rings. The summed E-state index contributed by atoms with van der Waals surface area (Å²) < 4.78 is 14.2. The average molecular weight is 284 g/mol. The molecule has 1 amide bonds. The molecule has 108 valence electrons. The van der Waals surface area contributed by atoms with Crippen LogP contribution in [0.15, 0.2) is 36.4 Å². The molecule has 1 aliphatic rings. The highest BCUT2D eigenvalue weighted by Crippen LogP contribution is 2.37. The number of aryl methyl sites for hydroxylation is 1. The highest BCUT2D eigenvalue weighted by atomic mass is 19.1. The van der Waals surface area contributed by atoms with Crippen molar-refractivity contribution in [2.75, 3.05) is 5.32 Å². The van der Waals surface area contributed by atoms with E-state index >= 15 is 0 Å². The van der Waals surface area contributed by atoms with Crippen LogP contribution in [-0.4, -0.2) is 5.91 Å². The summed E-state index contributed by atoms with van der Waals surface area (Å²) in [6.45, 7) is 3.77. The van der Waals surface area contributed by atoms with Gasteiger partial charge in [0.05, 0.1) is 17.6 Å². The topological polar surface area (TPSA) is 55.1 Å². The first-order valence-corrected chi connectivity index (χ1v) is 6.93. The molecule has 0 fully saturated rings. The number of hydrogen-bond donors (Lipinski definition) is 2. The minimum absolute atomic E-state index is 0.176. The van der Waals surface area contributed by atoms with Crippen molar-refractivity contribution < 1.29 is 9.18 Å². The van der Waals surface area contributed by atoms with E-state index in [-0.39, 0.29) is 17.5 Å². The molecule has 3 N–H and O–H groups in total. The Labute approximate surface area is 123 Å². The maximum Gasteiger partial charge on any atom is 0.231 e. The van der Waals surface area contributed by atoms with Gasteiger partial charge in [0, 0.05) is 0 Å². The van der Waals surface area contributed by atoms with Gasteiger partial charge in [-0.2, -0.15) is 0 Å². The molecule has 0 saturated heterocycles. The zero-order chi connectivity index (χ0) is 15.1. The molecule has 2 unspecified atom stereocenters. The third kappa shape index (κ3) is 2.32. The van der Waals surface area contributed by atoms with E-state index in [4.69, 9.17) is 5.73 Å². The van der Waals surface area contributed by atoms with E-state index in [9.17, 15) is 9.18 Å². The highest BCUT2D eigenvalue weighted by Gasteiger charge is 2.30. The zero-order valence-corrected chi connectivity index (χ0v) is 12.0. The largest absolute Gasteiger partial charge is 0.323 e. The summed E-state index contributed by atoms with van der Waals surface area (Å²) in [6, 6.07) is 10.7. The van der Waals surface area contributed by atoms with Gasteiger partial charge < -0.3 is 11.1 Å². The Kier molecular flexibility index (Phi) is 3.26. The first-order valence-electron chi connectivity index (χ1n) is 6.93. The van der Waals surface area contributed by atoms with Crippen LogP contribution in [0, 0.1) is 12.7 Å². The lowest BCUT2D eigenvalue weighted by Gasteiger charge is -2.15. The van der Waals surface area contributed by atoms with Crippen molar-refractivity contribution in [2.45, 2.75) is 25.8 Å². The van der Waals surface area contributed by atoms with E-state index in [2.05, 4.69) is 5.32 Å². The first-order chi connectivity index (χ1) is 9.97. The molecule has 1 aliphatic heterocycles. The Bertz CT molecular complexity index is 709. The second-order valence-electron chi connectivity index (χ2n) is 5.57. The molecule has 0 radical (unpaired) electrons. The van der Waals surface area contributed by atoms with Crippen molar-refractivity contribution in [1.82, 2.24) is 0 Å². The fraction of sp³-hybridized carbons (Fsp3) is 0.235. The smallest absolute Gasteiger partial charge is 0.231 e. The monoisotopic (exact) mass is 284 g/mol. The molecule has 0 saturated carbocycles. The van der Waals surface area contributed by atoms with Crippen molar-refractivity contribution in [3.05, 3.63) is 64.5 Å². The minimum atomic E-state index is -0.428. The Morgan fingerprint density at radius 3 is 2.52 bits per heavy atom. The van der Waals surface area contributed by atoms with Crippen LogP contribution >= 0.6 is 0 Å². The zero-order valence-electron chi connectivity index (χ0n) is 12.0. The lowest BCUT2D eigenvalue weighted by Crippen LogP contribution is -2.12. The lowest BCUT2D eigenvalue weighted by atomic mass is 9.94. The van der Waals surface area contributed by atoms with Crippen LogP contribution in [0.25, 0.3) is 0 Å². The fourth-order valence-electron chi connectivity index (χ4n) is 2.64. The third-order valence-electron chi connectivity index (χ3n) is 4.05. The molecule has 4 heteroatoms. The molecule has 0 spiro atoms. The van der Waals surface area contributed by atoms with Gasteiger partial charge in [-0.15, -0.1) is 0 Å². The van der Waals surface area contributed by atoms with Crippen molar-refractivity contribution in [2.24, 2.45) is 5.73 Å². The van der Waals surface area contributed by atoms with Gasteiger partial charge in [0.2, 0.25) is 5.91 Å². The standard InChI is InChI=1S/C17H17FN2O/c1-9-3-5-11(6-4-9)15(19)12-7-13-10(2)17(21)20-16(13)14(18)8-12/h3-8,10,15H,19H2,1-2H3,(H,20,21). The maximum absolute atomic E-state index is 14.2. The van der Waals surface area contributed by atoms with Gasteiger partial charge in [-0.25, -0.2) is 4.39 Å². The van der Waals surface area contributed by atoms with Crippen LogP contribution in [0.3, 0.4) is 0 Å². The summed E-state index contributed by atoms with van der Waals surface area (Å²) in [7, 11) is 0. The van der Waals surface area contributed by atoms with Gasteiger partial charge >= 0.3 is 0 Å². The Balaban J connectivity index is 2.02. The van der Waals surface area contributed by atoms with Crippen LogP contribution in [-0.2, 0) is 4.79 Å². The molecule has 0 bridgehead atoms. The molecular weight excluding hydrogens is 267 g/mol. The number of anilines is 1. The van der Waals surface area contributed by atoms with Crippen LogP contribution in [0.1, 0.15) is 41.1 Å². The van der Waals surface area contributed by atoms with E-state index < -0.39 is 11.9 Å². The summed E-state index contributed by atoms with van der Waals surface area (Å²) in [4.78, 5) is 11.7. The lowest BCUT2D eigenvalue weighted by molar-refractivity contribution is -0.116. The summed E-state index contributed by atoms with van der Waals surface area (Å²) in [6.07, 6.45) is 0. The van der Waals surface area contributed by atoms with E-state index in [1.54, 1.807) is 6.92 Å². The number of hydrogen-bond acceptors (Lipinski definition) is 2. The van der Waals surface area contributed by atoms with E-state index in [1.165, 1.54) is 6.07 Å². The molecule has 21 heavy (non-hydrogen) atoms. The summed E-state index contributed by atoms with van der Waals surface area (Å²) >= 11 is 0. The Morgan fingerprint density at radius 2 is 1.86 bits per heavy atom. The van der Waals surface area contributed by atoms with Crippen LogP contribution in [0.4, 0.5) is 10.1 Å². The summed E-state index contributed by atoms with van der Waals surface area (Å²) in [5.74, 6) is -0.951. The van der Waals surface area contributed by atoms with Crippen LogP contribution < -0.4 is 11.1 Å². The average Bonchev–Trinajstić information content (AvgIpc) is 2.76. The molecule has 0 aromatic heterocycles. The predicted octanol–water partition coefficient (Wildman–Crippen LogP) is 3.24. The van der Waals surface area contributed by atoms with E-state index in [0.717, 1.165) is 11.1 Å². The number of halogens is 1. The number of carbonyl (C=O) groups is 1. The third-order valence-corrected chi connectivity index (χ3v) is 4.05. The normalized spacial score (nSPS) is 18.3. The second-order valence-corrected chi connectivity index (χ2v) is 5.57. The number of amides is 1. The van der Waals surface area contributed by atoms with Crippen LogP contribution in [0.5, 0.6) is 0 Å². The van der Waals surface area contributed by atoms with Gasteiger partial charge in [0.15, 0.2) is 0 Å². The quantitative estimate of drug-likeness (QED) is 0.889. The maximum atomic E-state index is 14.2. The van der Waals surface area contributed by atoms with Gasteiger partial charge in [0.25, 0.3) is 0 Å². The van der Waals surface area contributed by atoms with Crippen molar-refractivity contribution in [3.8, 4) is 0 Å². The number of benzene rings is 2. The molecular formula is C17H17FN2O. The number of nitrogens with two attached hydrogens (primary N) is 1. The number of fused-ring (bicyclic) bond motifs is 1. The summed E-state index contributed by atoms with van der Waals surface area (Å²) in [5.41, 5.74) is 9.95. The predicted molar refractivity (Wildman–Crippen MR) is 80.7 cm³/mol. The van der Waals surface area contributed by atoms with Crippen molar-refractivity contribution >= 4 is 11.6 Å².